The van der Waals surface area contributed by atoms with Gasteiger partial charge in [-0.3, -0.25) is 0 Å². The lowest BCUT2D eigenvalue weighted by molar-refractivity contribution is 0.171. The summed E-state index contributed by atoms with van der Waals surface area (Å²) in [6.07, 6.45) is 0. The summed E-state index contributed by atoms with van der Waals surface area (Å²) in [6, 6.07) is 8.82. The number of hydrogen-bond donors (Lipinski definition) is 0. The van der Waals surface area contributed by atoms with Crippen LogP contribution in [0.4, 0.5) is 0 Å². The maximum Gasteiger partial charge on any atom is 0.162 e. The molecule has 1 aliphatic rings. The van der Waals surface area contributed by atoms with E-state index >= 15 is 0 Å². The first-order valence-electron chi connectivity index (χ1n) is 6.25. The van der Waals surface area contributed by atoms with Gasteiger partial charge in [-0.15, -0.1) is 11.6 Å². The number of rotatable bonds is 2. The molecule has 2 aromatic rings. The fourth-order valence-electron chi connectivity index (χ4n) is 2.16. The number of halogens is 4. The lowest BCUT2D eigenvalue weighted by Gasteiger charge is -2.21. The molecule has 0 N–H and O–H groups in total. The van der Waals surface area contributed by atoms with Gasteiger partial charge in [-0.1, -0.05) is 46.9 Å². The van der Waals surface area contributed by atoms with Gasteiger partial charge in [0, 0.05) is 11.1 Å². The van der Waals surface area contributed by atoms with E-state index in [4.69, 9.17) is 55.9 Å². The lowest BCUT2D eigenvalue weighted by atomic mass is 10.0. The highest BCUT2D eigenvalue weighted by atomic mass is 35.5. The molecule has 0 saturated heterocycles. The Morgan fingerprint density at radius 2 is 1.52 bits per heavy atom. The molecule has 1 unspecified atom stereocenters. The van der Waals surface area contributed by atoms with Gasteiger partial charge in [-0.25, -0.2) is 0 Å². The summed E-state index contributed by atoms with van der Waals surface area (Å²) in [5.41, 5.74) is 1.40. The van der Waals surface area contributed by atoms with Gasteiger partial charge in [0.2, 0.25) is 0 Å². The summed E-state index contributed by atoms with van der Waals surface area (Å²) < 4.78 is 11.0. The maximum atomic E-state index is 6.53. The minimum absolute atomic E-state index is 0.421. The van der Waals surface area contributed by atoms with E-state index in [1.165, 1.54) is 0 Å². The second-order valence-electron chi connectivity index (χ2n) is 4.52. The van der Waals surface area contributed by atoms with E-state index in [9.17, 15) is 0 Å². The van der Waals surface area contributed by atoms with Crippen molar-refractivity contribution in [3.05, 3.63) is 56.5 Å². The maximum absolute atomic E-state index is 6.53. The van der Waals surface area contributed by atoms with Crippen LogP contribution < -0.4 is 9.47 Å². The summed E-state index contributed by atoms with van der Waals surface area (Å²) in [5.74, 6) is 1.25. The van der Waals surface area contributed by atoms with Crippen molar-refractivity contribution >= 4 is 46.4 Å². The third kappa shape index (κ3) is 2.91. The Morgan fingerprint density at radius 1 is 0.857 bits per heavy atom. The van der Waals surface area contributed by atoms with Crippen molar-refractivity contribution in [2.45, 2.75) is 5.38 Å². The molecule has 3 rings (SSSR count). The Morgan fingerprint density at radius 3 is 2.24 bits per heavy atom. The molecular formula is C15H10Cl4O2. The third-order valence-corrected chi connectivity index (χ3v) is 4.82. The van der Waals surface area contributed by atoms with Gasteiger partial charge >= 0.3 is 0 Å². The molecule has 0 bridgehead atoms. The molecule has 1 heterocycles. The zero-order valence-corrected chi connectivity index (χ0v) is 13.7. The molecule has 0 aromatic heterocycles. The van der Waals surface area contributed by atoms with Crippen molar-refractivity contribution in [2.24, 2.45) is 0 Å². The van der Waals surface area contributed by atoms with Gasteiger partial charge in [0.25, 0.3) is 0 Å². The summed E-state index contributed by atoms with van der Waals surface area (Å²) >= 11 is 25.1. The molecule has 0 saturated carbocycles. The normalized spacial score (nSPS) is 14.9. The number of fused-ring (bicyclic) bond motifs is 1. The molecule has 21 heavy (non-hydrogen) atoms. The lowest BCUT2D eigenvalue weighted by Crippen LogP contribution is -2.15. The van der Waals surface area contributed by atoms with E-state index in [0.29, 0.717) is 50.9 Å². The third-order valence-electron chi connectivity index (χ3n) is 3.19. The molecule has 0 aliphatic carbocycles. The highest BCUT2D eigenvalue weighted by Gasteiger charge is 2.22. The van der Waals surface area contributed by atoms with E-state index in [1.807, 2.05) is 6.07 Å². The minimum atomic E-state index is -0.528. The van der Waals surface area contributed by atoms with Gasteiger partial charge in [0.05, 0.1) is 15.4 Å². The zero-order chi connectivity index (χ0) is 15.0. The van der Waals surface area contributed by atoms with Gasteiger partial charge in [0.1, 0.15) is 13.2 Å². The first-order valence-corrected chi connectivity index (χ1v) is 7.82. The topological polar surface area (TPSA) is 18.5 Å². The van der Waals surface area contributed by atoms with E-state index in [2.05, 4.69) is 0 Å². The Bertz CT molecular complexity index is 688. The average molecular weight is 364 g/mol. The fourth-order valence-corrected chi connectivity index (χ4v) is 3.31. The summed E-state index contributed by atoms with van der Waals surface area (Å²) in [4.78, 5) is 0. The van der Waals surface area contributed by atoms with Crippen LogP contribution in [0.5, 0.6) is 11.5 Å². The fraction of sp³-hybridized carbons (Fsp3) is 0.200. The predicted octanol–water partition coefficient (Wildman–Crippen LogP) is 5.75. The quantitative estimate of drug-likeness (QED) is 0.632. The van der Waals surface area contributed by atoms with Crippen LogP contribution in [0.15, 0.2) is 30.3 Å². The van der Waals surface area contributed by atoms with E-state index in [1.54, 1.807) is 24.3 Å². The Labute approximate surface area is 142 Å². The molecule has 6 heteroatoms. The average Bonchev–Trinajstić information content (AvgIpc) is 2.48. The molecule has 110 valence electrons. The van der Waals surface area contributed by atoms with Gasteiger partial charge < -0.3 is 9.47 Å². The van der Waals surface area contributed by atoms with Crippen LogP contribution in [0, 0.1) is 0 Å². The van der Waals surface area contributed by atoms with E-state index < -0.39 is 5.38 Å². The predicted molar refractivity (Wildman–Crippen MR) is 86.6 cm³/mol. The van der Waals surface area contributed by atoms with Crippen molar-refractivity contribution < 1.29 is 9.47 Å². The summed E-state index contributed by atoms with van der Waals surface area (Å²) in [6.45, 7) is 1.01. The zero-order valence-electron chi connectivity index (χ0n) is 10.7. The molecule has 0 fully saturated rings. The molecule has 1 aliphatic heterocycles. The summed E-state index contributed by atoms with van der Waals surface area (Å²) in [5, 5.41) is 0.841. The Hall–Kier alpha value is -0.800. The highest BCUT2D eigenvalue weighted by Crippen LogP contribution is 2.44. The molecule has 2 nitrogen and oxygen atoms in total. The SMILES string of the molecule is Clc1cc2c(cc1C(Cl)c1cccc(Cl)c1Cl)OCCO2. The van der Waals surface area contributed by atoms with Crippen LogP contribution >= 0.6 is 46.4 Å². The van der Waals surface area contributed by atoms with Gasteiger partial charge in [0.15, 0.2) is 11.5 Å². The van der Waals surface area contributed by atoms with Crippen molar-refractivity contribution in [1.29, 1.82) is 0 Å². The van der Waals surface area contributed by atoms with Crippen LogP contribution in [0.1, 0.15) is 16.5 Å². The van der Waals surface area contributed by atoms with Crippen molar-refractivity contribution in [2.75, 3.05) is 13.2 Å². The van der Waals surface area contributed by atoms with Crippen LogP contribution in [0.25, 0.3) is 0 Å². The van der Waals surface area contributed by atoms with E-state index in [-0.39, 0.29) is 0 Å². The first kappa shape index (κ1) is 15.1. The molecule has 0 amide bonds. The van der Waals surface area contributed by atoms with Crippen LogP contribution in [0.2, 0.25) is 15.1 Å². The largest absolute Gasteiger partial charge is 0.486 e. The Kier molecular flexibility index (Phi) is 4.41. The van der Waals surface area contributed by atoms with Crippen molar-refractivity contribution in [3.63, 3.8) is 0 Å². The van der Waals surface area contributed by atoms with Crippen LogP contribution in [-0.2, 0) is 0 Å². The Balaban J connectivity index is 2.05. The minimum Gasteiger partial charge on any atom is -0.486 e. The molecule has 1 atom stereocenters. The number of hydrogen-bond acceptors (Lipinski definition) is 2. The number of alkyl halides is 1. The highest BCUT2D eigenvalue weighted by molar-refractivity contribution is 6.43. The van der Waals surface area contributed by atoms with Crippen molar-refractivity contribution in [1.82, 2.24) is 0 Å². The first-order chi connectivity index (χ1) is 10.1. The second kappa shape index (κ2) is 6.13. The molecule has 0 spiro atoms. The van der Waals surface area contributed by atoms with Crippen LogP contribution in [-0.4, -0.2) is 13.2 Å². The molecule has 2 aromatic carbocycles. The molecule has 0 radical (unpaired) electrons. The van der Waals surface area contributed by atoms with Crippen molar-refractivity contribution in [3.8, 4) is 11.5 Å². The monoisotopic (exact) mass is 362 g/mol. The summed E-state index contributed by atoms with van der Waals surface area (Å²) in [7, 11) is 0. The van der Waals surface area contributed by atoms with Crippen LogP contribution in [0.3, 0.4) is 0 Å². The van der Waals surface area contributed by atoms with Gasteiger partial charge in [-0.2, -0.15) is 0 Å². The molecular weight excluding hydrogens is 354 g/mol. The number of benzene rings is 2. The van der Waals surface area contributed by atoms with Gasteiger partial charge in [-0.05, 0) is 23.3 Å². The van der Waals surface area contributed by atoms with E-state index in [0.717, 1.165) is 0 Å². The smallest absolute Gasteiger partial charge is 0.162 e. The number of ether oxygens (including phenoxy) is 2. The standard InChI is InChI=1S/C15H10Cl4O2/c16-10-3-1-2-8(15(10)19)14(18)9-6-12-13(7-11(9)17)21-5-4-20-12/h1-3,6-7,14H,4-5H2. The second-order valence-corrected chi connectivity index (χ2v) is 6.15.